The summed E-state index contributed by atoms with van der Waals surface area (Å²) in [5, 5.41) is 3.23. The summed E-state index contributed by atoms with van der Waals surface area (Å²) in [5.74, 6) is 1.66. The van der Waals surface area contributed by atoms with Gasteiger partial charge in [0.1, 0.15) is 0 Å². The fourth-order valence-corrected chi connectivity index (χ4v) is 4.94. The van der Waals surface area contributed by atoms with Gasteiger partial charge in [0, 0.05) is 19.6 Å². The van der Waals surface area contributed by atoms with Crippen LogP contribution in [0.25, 0.3) is 0 Å². The maximum Gasteiger partial charge on any atom is 0.217 e. The standard InChI is InChI=1S/C13H21NO2/c1-9(15)14-12-4-10-3-11(5-12)7-13(6-10,8-12)16-2/h10-11H,3-8H2,1-2H3,(H,14,15)/t10-,11+,12?,13?. The molecule has 1 N–H and O–H groups in total. The first-order valence-electron chi connectivity index (χ1n) is 6.39. The Morgan fingerprint density at radius 2 is 1.88 bits per heavy atom. The summed E-state index contributed by atoms with van der Waals surface area (Å²) in [4.78, 5) is 11.4. The van der Waals surface area contributed by atoms with E-state index in [9.17, 15) is 4.79 Å². The molecule has 0 spiro atoms. The third-order valence-corrected chi connectivity index (χ3v) is 4.88. The Labute approximate surface area is 96.9 Å². The SMILES string of the molecule is COC12C[C@@H]3C[C@@H](CC(NC(C)=O)(C3)C1)C2. The Kier molecular flexibility index (Phi) is 2.13. The molecule has 0 heterocycles. The van der Waals surface area contributed by atoms with Gasteiger partial charge in [-0.1, -0.05) is 0 Å². The molecule has 0 radical (unpaired) electrons. The summed E-state index contributed by atoms with van der Waals surface area (Å²) in [7, 11) is 1.84. The van der Waals surface area contributed by atoms with Crippen LogP contribution in [-0.2, 0) is 9.53 Å². The summed E-state index contributed by atoms with van der Waals surface area (Å²) in [6.45, 7) is 1.64. The Morgan fingerprint density at radius 3 is 2.38 bits per heavy atom. The van der Waals surface area contributed by atoms with Crippen molar-refractivity contribution < 1.29 is 9.53 Å². The number of amides is 1. The predicted octanol–water partition coefficient (Wildman–Crippen LogP) is 1.86. The van der Waals surface area contributed by atoms with E-state index in [1.54, 1.807) is 6.92 Å². The quantitative estimate of drug-likeness (QED) is 0.776. The number of hydrogen-bond acceptors (Lipinski definition) is 2. The molecule has 16 heavy (non-hydrogen) atoms. The number of nitrogens with one attached hydrogen (secondary N) is 1. The van der Waals surface area contributed by atoms with Crippen LogP contribution in [0.5, 0.6) is 0 Å². The van der Waals surface area contributed by atoms with Gasteiger partial charge in [0.2, 0.25) is 5.91 Å². The van der Waals surface area contributed by atoms with E-state index in [2.05, 4.69) is 5.32 Å². The molecule has 4 aliphatic rings. The molecule has 0 aromatic heterocycles. The summed E-state index contributed by atoms with van der Waals surface area (Å²) in [6, 6.07) is 0. The van der Waals surface area contributed by atoms with Crippen molar-refractivity contribution >= 4 is 5.91 Å². The van der Waals surface area contributed by atoms with Crippen LogP contribution in [-0.4, -0.2) is 24.2 Å². The maximum absolute atomic E-state index is 11.4. The van der Waals surface area contributed by atoms with Crippen LogP contribution >= 0.6 is 0 Å². The first-order chi connectivity index (χ1) is 7.55. The van der Waals surface area contributed by atoms with Crippen molar-refractivity contribution in [1.29, 1.82) is 0 Å². The predicted molar refractivity (Wildman–Crippen MR) is 61.0 cm³/mol. The molecule has 0 aromatic carbocycles. The molecule has 4 rings (SSSR count). The van der Waals surface area contributed by atoms with Gasteiger partial charge in [-0.15, -0.1) is 0 Å². The highest BCUT2D eigenvalue weighted by Gasteiger charge is 2.58. The molecule has 90 valence electrons. The number of methoxy groups -OCH3 is 1. The summed E-state index contributed by atoms with van der Waals surface area (Å²) in [5.41, 5.74) is 0.137. The van der Waals surface area contributed by atoms with Crippen LogP contribution in [0, 0.1) is 11.8 Å². The van der Waals surface area contributed by atoms with Crippen molar-refractivity contribution in [3.05, 3.63) is 0 Å². The number of carbonyl (C=O) groups excluding carboxylic acids is 1. The van der Waals surface area contributed by atoms with Crippen LogP contribution in [0.3, 0.4) is 0 Å². The molecular weight excluding hydrogens is 202 g/mol. The molecule has 4 saturated carbocycles. The molecule has 4 atom stereocenters. The zero-order valence-electron chi connectivity index (χ0n) is 10.2. The minimum atomic E-state index is 0.0614. The zero-order valence-corrected chi connectivity index (χ0v) is 10.2. The summed E-state index contributed by atoms with van der Waals surface area (Å²) in [6.07, 6.45) is 7.15. The second-order valence-corrected chi connectivity index (χ2v) is 6.31. The lowest BCUT2D eigenvalue weighted by atomic mass is 9.51. The Hall–Kier alpha value is -0.570. The molecule has 3 nitrogen and oxygen atoms in total. The Balaban J connectivity index is 1.89. The van der Waals surface area contributed by atoms with Crippen LogP contribution in [0.15, 0.2) is 0 Å². The van der Waals surface area contributed by atoms with Crippen LogP contribution in [0.2, 0.25) is 0 Å². The van der Waals surface area contributed by atoms with Gasteiger partial charge in [-0.25, -0.2) is 0 Å². The first-order valence-corrected chi connectivity index (χ1v) is 6.39. The lowest BCUT2D eigenvalue weighted by Crippen LogP contribution is -2.65. The fraction of sp³-hybridized carbons (Fsp3) is 0.923. The molecule has 0 saturated heterocycles. The van der Waals surface area contributed by atoms with Gasteiger partial charge >= 0.3 is 0 Å². The number of rotatable bonds is 2. The van der Waals surface area contributed by atoms with E-state index in [1.807, 2.05) is 7.11 Å². The van der Waals surface area contributed by atoms with Gasteiger partial charge in [0.25, 0.3) is 0 Å². The minimum Gasteiger partial charge on any atom is -0.378 e. The van der Waals surface area contributed by atoms with Gasteiger partial charge in [0.05, 0.1) is 5.60 Å². The number of hydrogen-bond donors (Lipinski definition) is 1. The van der Waals surface area contributed by atoms with Gasteiger partial charge < -0.3 is 10.1 Å². The van der Waals surface area contributed by atoms with E-state index in [1.165, 1.54) is 32.1 Å². The van der Waals surface area contributed by atoms with Crippen molar-refractivity contribution in [2.45, 2.75) is 56.6 Å². The smallest absolute Gasteiger partial charge is 0.217 e. The molecule has 4 fully saturated rings. The van der Waals surface area contributed by atoms with Crippen LogP contribution < -0.4 is 5.32 Å². The largest absolute Gasteiger partial charge is 0.378 e. The van der Waals surface area contributed by atoms with Gasteiger partial charge in [-0.05, 0) is 50.4 Å². The van der Waals surface area contributed by atoms with Gasteiger partial charge in [-0.2, -0.15) is 0 Å². The third-order valence-electron chi connectivity index (χ3n) is 4.88. The van der Waals surface area contributed by atoms with Crippen LogP contribution in [0.1, 0.15) is 45.4 Å². The second kappa shape index (κ2) is 3.22. The molecule has 0 aromatic rings. The van der Waals surface area contributed by atoms with E-state index in [-0.39, 0.29) is 17.0 Å². The number of ether oxygens (including phenoxy) is 1. The third kappa shape index (κ3) is 1.48. The van der Waals surface area contributed by atoms with Crippen molar-refractivity contribution in [3.63, 3.8) is 0 Å². The lowest BCUT2D eigenvalue weighted by molar-refractivity contribution is -0.164. The average Bonchev–Trinajstić information content (AvgIpc) is 2.13. The highest BCUT2D eigenvalue weighted by Crippen LogP contribution is 2.58. The van der Waals surface area contributed by atoms with E-state index < -0.39 is 0 Å². The Bertz CT molecular complexity index is 312. The van der Waals surface area contributed by atoms with E-state index in [4.69, 9.17) is 4.74 Å². The van der Waals surface area contributed by atoms with E-state index >= 15 is 0 Å². The van der Waals surface area contributed by atoms with E-state index in [0.29, 0.717) is 0 Å². The molecule has 4 aliphatic carbocycles. The average molecular weight is 223 g/mol. The molecule has 2 unspecified atom stereocenters. The Morgan fingerprint density at radius 1 is 1.25 bits per heavy atom. The molecule has 1 amide bonds. The first kappa shape index (κ1) is 10.6. The maximum atomic E-state index is 11.4. The monoisotopic (exact) mass is 223 g/mol. The molecule has 0 aliphatic heterocycles. The van der Waals surface area contributed by atoms with Gasteiger partial charge in [0.15, 0.2) is 0 Å². The molecule has 4 bridgehead atoms. The minimum absolute atomic E-state index is 0.0614. The summed E-state index contributed by atoms with van der Waals surface area (Å²) >= 11 is 0. The molecular formula is C13H21NO2. The van der Waals surface area contributed by atoms with E-state index in [0.717, 1.165) is 18.3 Å². The van der Waals surface area contributed by atoms with Crippen molar-refractivity contribution in [2.75, 3.05) is 7.11 Å². The highest BCUT2D eigenvalue weighted by molar-refractivity contribution is 5.74. The topological polar surface area (TPSA) is 38.3 Å². The lowest BCUT2D eigenvalue weighted by Gasteiger charge is -2.61. The van der Waals surface area contributed by atoms with Gasteiger partial charge in [-0.3, -0.25) is 4.79 Å². The van der Waals surface area contributed by atoms with Crippen molar-refractivity contribution in [3.8, 4) is 0 Å². The van der Waals surface area contributed by atoms with Crippen LogP contribution in [0.4, 0.5) is 0 Å². The fourth-order valence-electron chi connectivity index (χ4n) is 4.94. The van der Waals surface area contributed by atoms with Crippen molar-refractivity contribution in [1.82, 2.24) is 5.32 Å². The summed E-state index contributed by atoms with van der Waals surface area (Å²) < 4.78 is 5.81. The number of carbonyl (C=O) groups is 1. The zero-order chi connectivity index (χ0) is 11.4. The van der Waals surface area contributed by atoms with Crippen molar-refractivity contribution in [2.24, 2.45) is 11.8 Å². The highest BCUT2D eigenvalue weighted by atomic mass is 16.5. The normalized spacial score (nSPS) is 49.4. The second-order valence-electron chi connectivity index (χ2n) is 6.31. The molecule has 3 heteroatoms.